The molecule has 0 aliphatic carbocycles. The largest absolute Gasteiger partial charge is 0.339 e. The second kappa shape index (κ2) is 5.97. The normalized spacial score (nSPS) is 17.8. The van der Waals surface area contributed by atoms with Gasteiger partial charge in [-0.15, -0.1) is 0 Å². The Morgan fingerprint density at radius 1 is 1.53 bits per heavy atom. The molecule has 0 saturated carbocycles. The van der Waals surface area contributed by atoms with Gasteiger partial charge in [0, 0.05) is 32.4 Å². The van der Waals surface area contributed by atoms with Crippen molar-refractivity contribution in [3.63, 3.8) is 0 Å². The summed E-state index contributed by atoms with van der Waals surface area (Å²) in [6.45, 7) is 5.30. The highest BCUT2D eigenvalue weighted by Gasteiger charge is 2.22. The van der Waals surface area contributed by atoms with Gasteiger partial charge in [0.15, 0.2) is 0 Å². The lowest BCUT2D eigenvalue weighted by atomic mass is 10.3. The van der Waals surface area contributed by atoms with Gasteiger partial charge in [-0.25, -0.2) is 9.97 Å². The molecular weight excluding hydrogens is 236 g/mol. The minimum atomic E-state index is -0.0944. The molecule has 2 heterocycles. The third kappa shape index (κ3) is 3.41. The lowest BCUT2D eigenvalue weighted by molar-refractivity contribution is -0.130. The van der Waals surface area contributed by atoms with Gasteiger partial charge in [0.05, 0.1) is 5.25 Å². The molecule has 1 saturated heterocycles. The summed E-state index contributed by atoms with van der Waals surface area (Å²) in [6.07, 6.45) is 3.20. The summed E-state index contributed by atoms with van der Waals surface area (Å²) in [5, 5.41) is 3.99. The van der Waals surface area contributed by atoms with E-state index >= 15 is 0 Å². The molecule has 1 N–H and O–H groups in total. The first kappa shape index (κ1) is 12.3. The SMILES string of the molecule is CC(Sc1ccncn1)C(=O)N1CCNCC1. The van der Waals surface area contributed by atoms with Crippen LogP contribution in [0.15, 0.2) is 23.6 Å². The van der Waals surface area contributed by atoms with Gasteiger partial charge in [0.25, 0.3) is 0 Å². The first-order valence-corrected chi connectivity index (χ1v) is 6.57. The maximum absolute atomic E-state index is 12.1. The number of piperazine rings is 1. The monoisotopic (exact) mass is 252 g/mol. The molecule has 1 aromatic rings. The van der Waals surface area contributed by atoms with Gasteiger partial charge in [0.2, 0.25) is 5.91 Å². The van der Waals surface area contributed by atoms with E-state index in [9.17, 15) is 4.79 Å². The molecule has 6 heteroatoms. The predicted molar refractivity (Wildman–Crippen MR) is 66.8 cm³/mol. The second-order valence-electron chi connectivity index (χ2n) is 3.88. The molecule has 1 aliphatic heterocycles. The molecule has 1 aliphatic rings. The average molecular weight is 252 g/mol. The summed E-state index contributed by atoms with van der Waals surface area (Å²) in [6, 6.07) is 1.83. The van der Waals surface area contributed by atoms with Crippen LogP contribution in [0.4, 0.5) is 0 Å². The number of amides is 1. The topological polar surface area (TPSA) is 58.1 Å². The first-order valence-electron chi connectivity index (χ1n) is 5.69. The third-order valence-corrected chi connectivity index (χ3v) is 3.67. The lowest BCUT2D eigenvalue weighted by Gasteiger charge is -2.29. The van der Waals surface area contributed by atoms with Crippen LogP contribution in [0.5, 0.6) is 0 Å². The van der Waals surface area contributed by atoms with Crippen LogP contribution in [0.2, 0.25) is 0 Å². The van der Waals surface area contributed by atoms with Crippen LogP contribution >= 0.6 is 11.8 Å². The Kier molecular flexibility index (Phi) is 4.33. The Labute approximate surface area is 105 Å². The van der Waals surface area contributed by atoms with E-state index < -0.39 is 0 Å². The second-order valence-corrected chi connectivity index (χ2v) is 5.24. The molecule has 1 amide bonds. The van der Waals surface area contributed by atoms with Gasteiger partial charge in [0.1, 0.15) is 11.4 Å². The van der Waals surface area contributed by atoms with E-state index in [1.165, 1.54) is 18.1 Å². The summed E-state index contributed by atoms with van der Waals surface area (Å²) < 4.78 is 0. The Morgan fingerprint density at radius 2 is 2.29 bits per heavy atom. The highest BCUT2D eigenvalue weighted by molar-refractivity contribution is 8.00. The highest BCUT2D eigenvalue weighted by atomic mass is 32.2. The van der Waals surface area contributed by atoms with Crippen molar-refractivity contribution in [1.29, 1.82) is 0 Å². The van der Waals surface area contributed by atoms with Gasteiger partial charge in [-0.2, -0.15) is 0 Å². The number of nitrogens with zero attached hydrogens (tertiary/aromatic N) is 3. The van der Waals surface area contributed by atoms with Crippen molar-refractivity contribution in [2.24, 2.45) is 0 Å². The summed E-state index contributed by atoms with van der Waals surface area (Å²) in [5.74, 6) is 0.190. The number of aromatic nitrogens is 2. The fourth-order valence-electron chi connectivity index (χ4n) is 1.72. The zero-order chi connectivity index (χ0) is 12.1. The number of hydrogen-bond donors (Lipinski definition) is 1. The molecule has 0 aromatic carbocycles. The summed E-state index contributed by atoms with van der Waals surface area (Å²) in [7, 11) is 0. The van der Waals surface area contributed by atoms with E-state index in [4.69, 9.17) is 0 Å². The van der Waals surface area contributed by atoms with Gasteiger partial charge in [-0.3, -0.25) is 4.79 Å². The first-order chi connectivity index (χ1) is 8.27. The van der Waals surface area contributed by atoms with Crippen molar-refractivity contribution in [1.82, 2.24) is 20.2 Å². The van der Waals surface area contributed by atoms with Crippen LogP contribution in [-0.4, -0.2) is 52.2 Å². The van der Waals surface area contributed by atoms with E-state index in [1.54, 1.807) is 6.20 Å². The van der Waals surface area contributed by atoms with Crippen molar-refractivity contribution < 1.29 is 4.79 Å². The quantitative estimate of drug-likeness (QED) is 0.623. The zero-order valence-corrected chi connectivity index (χ0v) is 10.6. The zero-order valence-electron chi connectivity index (χ0n) is 9.80. The molecule has 1 fully saturated rings. The third-order valence-electron chi connectivity index (χ3n) is 2.63. The standard InChI is InChI=1S/C11H16N4OS/c1-9(17-10-2-3-13-8-14-10)11(16)15-6-4-12-5-7-15/h2-3,8-9,12H,4-7H2,1H3. The fourth-order valence-corrected chi connectivity index (χ4v) is 2.58. The molecule has 2 rings (SSSR count). The molecule has 0 bridgehead atoms. The number of rotatable bonds is 3. The van der Waals surface area contributed by atoms with Crippen LogP contribution in [-0.2, 0) is 4.79 Å². The fraction of sp³-hybridized carbons (Fsp3) is 0.545. The number of carbonyl (C=O) groups is 1. The van der Waals surface area contributed by atoms with Crippen molar-refractivity contribution in [3.8, 4) is 0 Å². The molecule has 17 heavy (non-hydrogen) atoms. The maximum Gasteiger partial charge on any atom is 0.235 e. The van der Waals surface area contributed by atoms with E-state index in [0.29, 0.717) is 0 Å². The van der Waals surface area contributed by atoms with Crippen LogP contribution in [0.1, 0.15) is 6.92 Å². The number of thioether (sulfide) groups is 1. The average Bonchev–Trinajstić information content (AvgIpc) is 2.40. The van der Waals surface area contributed by atoms with E-state index in [1.807, 2.05) is 17.9 Å². The molecule has 1 unspecified atom stereocenters. The van der Waals surface area contributed by atoms with Crippen molar-refractivity contribution in [2.75, 3.05) is 26.2 Å². The Hall–Kier alpha value is -1.14. The van der Waals surface area contributed by atoms with Crippen molar-refractivity contribution in [2.45, 2.75) is 17.2 Å². The molecular formula is C11H16N4OS. The van der Waals surface area contributed by atoms with Crippen molar-refractivity contribution >= 4 is 17.7 Å². The van der Waals surface area contributed by atoms with E-state index in [0.717, 1.165) is 31.2 Å². The molecule has 0 spiro atoms. The summed E-state index contributed by atoms with van der Waals surface area (Å²) in [5.41, 5.74) is 0. The predicted octanol–water partition coefficient (Wildman–Crippen LogP) is 0.389. The van der Waals surface area contributed by atoms with Crippen LogP contribution in [0.3, 0.4) is 0 Å². The van der Waals surface area contributed by atoms with Crippen molar-refractivity contribution in [3.05, 3.63) is 18.6 Å². The number of hydrogen-bond acceptors (Lipinski definition) is 5. The minimum absolute atomic E-state index is 0.0944. The summed E-state index contributed by atoms with van der Waals surface area (Å²) >= 11 is 1.48. The molecule has 1 atom stereocenters. The highest BCUT2D eigenvalue weighted by Crippen LogP contribution is 2.21. The van der Waals surface area contributed by atoms with Crippen LogP contribution in [0.25, 0.3) is 0 Å². The smallest absolute Gasteiger partial charge is 0.235 e. The van der Waals surface area contributed by atoms with E-state index in [2.05, 4.69) is 15.3 Å². The van der Waals surface area contributed by atoms with Gasteiger partial charge < -0.3 is 10.2 Å². The van der Waals surface area contributed by atoms with Crippen LogP contribution < -0.4 is 5.32 Å². The molecule has 92 valence electrons. The summed E-state index contributed by atoms with van der Waals surface area (Å²) in [4.78, 5) is 22.0. The van der Waals surface area contributed by atoms with Gasteiger partial charge in [-0.1, -0.05) is 11.8 Å². The Balaban J connectivity index is 1.90. The molecule has 1 aromatic heterocycles. The van der Waals surface area contributed by atoms with E-state index in [-0.39, 0.29) is 11.2 Å². The maximum atomic E-state index is 12.1. The van der Waals surface area contributed by atoms with Crippen LogP contribution in [0, 0.1) is 0 Å². The van der Waals surface area contributed by atoms with Gasteiger partial charge >= 0.3 is 0 Å². The minimum Gasteiger partial charge on any atom is -0.339 e. The molecule has 0 radical (unpaired) electrons. The Bertz CT molecular complexity index is 367. The molecule has 5 nitrogen and oxygen atoms in total. The lowest BCUT2D eigenvalue weighted by Crippen LogP contribution is -2.48. The van der Waals surface area contributed by atoms with Gasteiger partial charge in [-0.05, 0) is 13.0 Å². The Morgan fingerprint density at radius 3 is 2.94 bits per heavy atom. The number of carbonyl (C=O) groups excluding carboxylic acids is 1. The number of nitrogens with one attached hydrogen (secondary N) is 1.